The summed E-state index contributed by atoms with van der Waals surface area (Å²) in [6.07, 6.45) is 5.36. The summed E-state index contributed by atoms with van der Waals surface area (Å²) < 4.78 is 1.85. The number of nitrogens with two attached hydrogens (primary N) is 1. The van der Waals surface area contributed by atoms with Crippen molar-refractivity contribution in [3.05, 3.63) is 29.7 Å². The van der Waals surface area contributed by atoms with Crippen molar-refractivity contribution in [2.75, 3.05) is 6.54 Å². The summed E-state index contributed by atoms with van der Waals surface area (Å²) in [7, 11) is 0. The van der Waals surface area contributed by atoms with Crippen LogP contribution in [0.2, 0.25) is 0 Å². The molecule has 2 N–H and O–H groups in total. The maximum absolute atomic E-state index is 5.53. The molecule has 3 rings (SSSR count). The van der Waals surface area contributed by atoms with E-state index < -0.39 is 0 Å². The van der Waals surface area contributed by atoms with Crippen LogP contribution in [-0.2, 0) is 6.42 Å². The van der Waals surface area contributed by atoms with Crippen LogP contribution in [0.1, 0.15) is 30.1 Å². The summed E-state index contributed by atoms with van der Waals surface area (Å²) in [5, 5.41) is 4.45. The average molecular weight is 202 g/mol. The number of rotatable bonds is 3. The van der Waals surface area contributed by atoms with E-state index in [1.807, 2.05) is 10.7 Å². The Kier molecular flexibility index (Phi) is 1.95. The Bertz CT molecular complexity index is 484. The Balaban J connectivity index is 2.02. The lowest BCUT2D eigenvalue weighted by Gasteiger charge is -1.97. The van der Waals surface area contributed by atoms with Crippen molar-refractivity contribution in [3.63, 3.8) is 0 Å². The molecule has 0 aromatic carbocycles. The minimum atomic E-state index is 0.614. The van der Waals surface area contributed by atoms with Crippen LogP contribution in [0.25, 0.3) is 5.65 Å². The van der Waals surface area contributed by atoms with Gasteiger partial charge in [0.1, 0.15) is 0 Å². The van der Waals surface area contributed by atoms with Crippen LogP contribution in [-0.4, -0.2) is 21.1 Å². The molecule has 0 spiro atoms. The topological polar surface area (TPSA) is 56.2 Å². The lowest BCUT2D eigenvalue weighted by molar-refractivity contribution is 0.873. The largest absolute Gasteiger partial charge is 0.330 e. The van der Waals surface area contributed by atoms with E-state index in [9.17, 15) is 0 Å². The highest BCUT2D eigenvalue weighted by molar-refractivity contribution is 5.41. The molecule has 0 radical (unpaired) electrons. The van der Waals surface area contributed by atoms with Gasteiger partial charge in [0.2, 0.25) is 0 Å². The van der Waals surface area contributed by atoms with E-state index in [4.69, 9.17) is 5.73 Å². The smallest absolute Gasteiger partial charge is 0.155 e. The first-order chi connectivity index (χ1) is 7.36. The lowest BCUT2D eigenvalue weighted by Crippen LogP contribution is -2.03. The molecular weight excluding hydrogens is 188 g/mol. The van der Waals surface area contributed by atoms with Crippen molar-refractivity contribution in [2.45, 2.75) is 25.2 Å². The molecule has 1 aliphatic rings. The minimum Gasteiger partial charge on any atom is -0.330 e. The molecule has 2 heterocycles. The third-order valence-corrected chi connectivity index (χ3v) is 2.79. The summed E-state index contributed by atoms with van der Waals surface area (Å²) in [5.74, 6) is 1.61. The molecule has 2 aromatic rings. The fourth-order valence-electron chi connectivity index (χ4n) is 1.78. The zero-order valence-electron chi connectivity index (χ0n) is 8.56. The highest BCUT2D eigenvalue weighted by Gasteiger charge is 2.27. The molecule has 0 amide bonds. The van der Waals surface area contributed by atoms with Gasteiger partial charge in [0.25, 0.3) is 0 Å². The van der Waals surface area contributed by atoms with Gasteiger partial charge in [-0.3, -0.25) is 0 Å². The summed E-state index contributed by atoms with van der Waals surface area (Å²) >= 11 is 0. The maximum Gasteiger partial charge on any atom is 0.155 e. The van der Waals surface area contributed by atoms with Crippen molar-refractivity contribution in [1.82, 2.24) is 14.6 Å². The number of hydrogen-bond acceptors (Lipinski definition) is 3. The van der Waals surface area contributed by atoms with Crippen molar-refractivity contribution >= 4 is 5.65 Å². The van der Waals surface area contributed by atoms with Gasteiger partial charge in [0.05, 0.1) is 0 Å². The van der Waals surface area contributed by atoms with E-state index in [0.717, 1.165) is 17.9 Å². The molecule has 1 saturated carbocycles. The summed E-state index contributed by atoms with van der Waals surface area (Å²) in [6.45, 7) is 0.680. The van der Waals surface area contributed by atoms with Gasteiger partial charge in [-0.1, -0.05) is 0 Å². The van der Waals surface area contributed by atoms with E-state index in [0.29, 0.717) is 12.5 Å². The maximum atomic E-state index is 5.53. The fraction of sp³-hybridized carbons (Fsp3) is 0.455. The van der Waals surface area contributed by atoms with Crippen LogP contribution < -0.4 is 5.73 Å². The highest BCUT2D eigenvalue weighted by atomic mass is 15.3. The second kappa shape index (κ2) is 3.31. The number of fused-ring (bicyclic) bond motifs is 1. The molecule has 0 aliphatic heterocycles. The first-order valence-electron chi connectivity index (χ1n) is 5.42. The van der Waals surface area contributed by atoms with Crippen LogP contribution in [0.3, 0.4) is 0 Å². The van der Waals surface area contributed by atoms with E-state index >= 15 is 0 Å². The van der Waals surface area contributed by atoms with E-state index in [1.165, 1.54) is 18.4 Å². The number of hydrogen-bond donors (Lipinski definition) is 1. The predicted octanol–water partition coefficient (Wildman–Crippen LogP) is 1.11. The Morgan fingerprint density at radius 3 is 3.07 bits per heavy atom. The van der Waals surface area contributed by atoms with Gasteiger partial charge in [-0.15, -0.1) is 0 Å². The van der Waals surface area contributed by atoms with E-state index in [-0.39, 0.29) is 0 Å². The summed E-state index contributed by atoms with van der Waals surface area (Å²) in [5.41, 5.74) is 7.71. The predicted molar refractivity (Wildman–Crippen MR) is 57.7 cm³/mol. The summed E-state index contributed by atoms with van der Waals surface area (Å²) in [6, 6.07) is 4.14. The number of aromatic nitrogens is 3. The molecule has 2 aromatic heterocycles. The monoisotopic (exact) mass is 202 g/mol. The first kappa shape index (κ1) is 8.85. The van der Waals surface area contributed by atoms with Crippen molar-refractivity contribution in [3.8, 4) is 0 Å². The zero-order chi connectivity index (χ0) is 10.3. The molecule has 0 unspecified atom stereocenters. The van der Waals surface area contributed by atoms with Crippen molar-refractivity contribution in [2.24, 2.45) is 5.73 Å². The van der Waals surface area contributed by atoms with Gasteiger partial charge < -0.3 is 5.73 Å². The Morgan fingerprint density at radius 2 is 2.33 bits per heavy atom. The molecule has 4 heteroatoms. The lowest BCUT2D eigenvalue weighted by atomic mass is 10.2. The molecular formula is C11H14N4. The third-order valence-electron chi connectivity index (χ3n) is 2.79. The molecule has 15 heavy (non-hydrogen) atoms. The molecule has 0 saturated heterocycles. The van der Waals surface area contributed by atoms with Gasteiger partial charge in [-0.25, -0.2) is 9.50 Å². The Morgan fingerprint density at radius 1 is 1.47 bits per heavy atom. The molecule has 1 fully saturated rings. The van der Waals surface area contributed by atoms with Gasteiger partial charge in [-0.2, -0.15) is 5.10 Å². The quantitative estimate of drug-likeness (QED) is 0.811. The van der Waals surface area contributed by atoms with Crippen LogP contribution in [0, 0.1) is 0 Å². The number of pyridine rings is 1. The van der Waals surface area contributed by atoms with Gasteiger partial charge in [-0.05, 0) is 43.5 Å². The normalized spacial score (nSPS) is 16.1. The van der Waals surface area contributed by atoms with Gasteiger partial charge >= 0.3 is 0 Å². The zero-order valence-corrected chi connectivity index (χ0v) is 8.56. The SMILES string of the molecule is NCCc1ccn2nc(C3CC3)nc2c1. The number of nitrogens with zero attached hydrogens (tertiary/aromatic N) is 3. The molecule has 0 bridgehead atoms. The Hall–Kier alpha value is -1.42. The second-order valence-electron chi connectivity index (χ2n) is 4.12. The fourth-order valence-corrected chi connectivity index (χ4v) is 1.78. The van der Waals surface area contributed by atoms with E-state index in [2.05, 4.69) is 22.2 Å². The molecule has 78 valence electrons. The standard InChI is InChI=1S/C11H14N4/c12-5-3-8-4-6-15-10(7-8)13-11(14-15)9-1-2-9/h4,6-7,9H,1-3,5,12H2. The molecule has 0 atom stereocenters. The second-order valence-corrected chi connectivity index (χ2v) is 4.12. The molecule has 1 aliphatic carbocycles. The minimum absolute atomic E-state index is 0.614. The van der Waals surface area contributed by atoms with E-state index in [1.54, 1.807) is 0 Å². The molecule has 4 nitrogen and oxygen atoms in total. The van der Waals surface area contributed by atoms with Crippen LogP contribution in [0.15, 0.2) is 18.3 Å². The Labute approximate surface area is 88.1 Å². The van der Waals surface area contributed by atoms with Crippen LogP contribution in [0.5, 0.6) is 0 Å². The van der Waals surface area contributed by atoms with Crippen LogP contribution in [0.4, 0.5) is 0 Å². The van der Waals surface area contributed by atoms with Gasteiger partial charge in [0.15, 0.2) is 11.5 Å². The summed E-state index contributed by atoms with van der Waals surface area (Å²) in [4.78, 5) is 4.53. The van der Waals surface area contributed by atoms with Crippen molar-refractivity contribution < 1.29 is 0 Å². The van der Waals surface area contributed by atoms with Crippen molar-refractivity contribution in [1.29, 1.82) is 0 Å². The van der Waals surface area contributed by atoms with Crippen LogP contribution >= 0.6 is 0 Å². The average Bonchev–Trinajstić information content (AvgIpc) is 2.99. The third kappa shape index (κ3) is 1.61. The highest BCUT2D eigenvalue weighted by Crippen LogP contribution is 2.38. The first-order valence-corrected chi connectivity index (χ1v) is 5.42. The van der Waals surface area contributed by atoms with Gasteiger partial charge in [0, 0.05) is 12.1 Å².